The molecule has 1 aromatic carbocycles. The van der Waals surface area contributed by atoms with Crippen molar-refractivity contribution in [3.05, 3.63) is 41.5 Å². The monoisotopic (exact) mass is 263 g/mol. The molecule has 4 heteroatoms. The molecule has 0 spiro atoms. The summed E-state index contributed by atoms with van der Waals surface area (Å²) in [5.41, 5.74) is 4.58. The molecule has 0 saturated heterocycles. The summed E-state index contributed by atoms with van der Waals surface area (Å²) in [5, 5.41) is 0. The van der Waals surface area contributed by atoms with Gasteiger partial charge in [0.15, 0.2) is 0 Å². The smallest absolute Gasteiger partial charge is 0.267 e. The number of methoxy groups -OCH3 is 1. The van der Waals surface area contributed by atoms with Crippen LogP contribution < -0.4 is 5.48 Å². The van der Waals surface area contributed by atoms with Gasteiger partial charge in [0.2, 0.25) is 0 Å². The molecule has 1 aromatic rings. The molecule has 1 rings (SSSR count). The van der Waals surface area contributed by atoms with E-state index in [1.807, 2.05) is 12.1 Å². The van der Waals surface area contributed by atoms with Crippen LogP contribution in [0.3, 0.4) is 0 Å². The fourth-order valence-corrected chi connectivity index (χ4v) is 1.45. The lowest BCUT2D eigenvalue weighted by atomic mass is 10.0. The van der Waals surface area contributed by atoms with Crippen LogP contribution >= 0.6 is 0 Å². The Labute approximate surface area is 114 Å². The van der Waals surface area contributed by atoms with E-state index in [0.717, 1.165) is 5.56 Å². The van der Waals surface area contributed by atoms with Crippen LogP contribution in [0, 0.1) is 0 Å². The van der Waals surface area contributed by atoms with Crippen molar-refractivity contribution in [1.82, 2.24) is 5.48 Å². The Morgan fingerprint density at radius 3 is 2.53 bits per heavy atom. The molecule has 104 valence electrons. The molecule has 0 unspecified atom stereocenters. The number of carbonyl (C=O) groups excluding carboxylic acids is 1. The second-order valence-corrected chi connectivity index (χ2v) is 4.46. The Hall–Kier alpha value is -1.65. The minimum absolute atomic E-state index is 0.288. The molecule has 1 amide bonds. The maximum Gasteiger partial charge on any atom is 0.267 e. The minimum atomic E-state index is -0.288. The summed E-state index contributed by atoms with van der Waals surface area (Å²) in [6.07, 6.45) is 3.19. The summed E-state index contributed by atoms with van der Waals surface area (Å²) in [5.74, 6) is 0.222. The van der Waals surface area contributed by atoms with E-state index in [1.165, 1.54) is 11.6 Å². The Morgan fingerprint density at radius 1 is 1.26 bits per heavy atom. The third kappa shape index (κ3) is 6.18. The van der Waals surface area contributed by atoms with Gasteiger partial charge < -0.3 is 4.74 Å². The fraction of sp³-hybridized carbons (Fsp3) is 0.400. The summed E-state index contributed by atoms with van der Waals surface area (Å²) in [6, 6.07) is 8.12. The summed E-state index contributed by atoms with van der Waals surface area (Å²) in [4.78, 5) is 16.3. The van der Waals surface area contributed by atoms with Crippen LogP contribution in [0.4, 0.5) is 0 Å². The molecule has 0 aliphatic rings. The van der Waals surface area contributed by atoms with Crippen molar-refractivity contribution < 1.29 is 14.4 Å². The van der Waals surface area contributed by atoms with Crippen LogP contribution in [-0.2, 0) is 14.4 Å². The molecule has 0 radical (unpaired) electrons. The highest BCUT2D eigenvalue weighted by Crippen LogP contribution is 2.15. The van der Waals surface area contributed by atoms with Crippen molar-refractivity contribution in [3.8, 4) is 0 Å². The Kier molecular flexibility index (Phi) is 6.85. The number of amides is 1. The van der Waals surface area contributed by atoms with Gasteiger partial charge in [-0.15, -0.1) is 0 Å². The normalized spacial score (nSPS) is 11.2. The van der Waals surface area contributed by atoms with Gasteiger partial charge in [0.25, 0.3) is 5.91 Å². The summed E-state index contributed by atoms with van der Waals surface area (Å²) in [7, 11) is 1.58. The zero-order chi connectivity index (χ0) is 14.1. The number of rotatable bonds is 7. The Bertz CT molecular complexity index is 410. The van der Waals surface area contributed by atoms with E-state index in [-0.39, 0.29) is 5.91 Å². The summed E-state index contributed by atoms with van der Waals surface area (Å²) >= 11 is 0. The topological polar surface area (TPSA) is 47.6 Å². The molecule has 19 heavy (non-hydrogen) atoms. The first-order valence-corrected chi connectivity index (χ1v) is 6.32. The predicted octanol–water partition coefficient (Wildman–Crippen LogP) is 2.52. The predicted molar refractivity (Wildman–Crippen MR) is 75.5 cm³/mol. The van der Waals surface area contributed by atoms with E-state index in [9.17, 15) is 4.79 Å². The molecule has 0 fully saturated rings. The van der Waals surface area contributed by atoms with E-state index >= 15 is 0 Å². The van der Waals surface area contributed by atoms with Gasteiger partial charge in [-0.2, -0.15) is 0 Å². The zero-order valence-corrected chi connectivity index (χ0v) is 11.7. The Morgan fingerprint density at radius 2 is 1.95 bits per heavy atom. The second-order valence-electron chi connectivity index (χ2n) is 4.46. The molecule has 0 aromatic heterocycles. The SMILES string of the molecule is COCCONC(=O)/C=C/c1ccc(C(C)C)cc1. The van der Waals surface area contributed by atoms with E-state index in [1.54, 1.807) is 13.2 Å². The average molecular weight is 263 g/mol. The lowest BCUT2D eigenvalue weighted by molar-refractivity contribution is -0.129. The van der Waals surface area contributed by atoms with Crippen molar-refractivity contribution in [2.45, 2.75) is 19.8 Å². The molecular weight excluding hydrogens is 242 g/mol. The van der Waals surface area contributed by atoms with Gasteiger partial charge >= 0.3 is 0 Å². The van der Waals surface area contributed by atoms with Crippen molar-refractivity contribution in [3.63, 3.8) is 0 Å². The third-order valence-corrected chi connectivity index (χ3v) is 2.59. The van der Waals surface area contributed by atoms with Gasteiger partial charge in [-0.3, -0.25) is 9.63 Å². The van der Waals surface area contributed by atoms with Crippen LogP contribution in [0.5, 0.6) is 0 Å². The van der Waals surface area contributed by atoms with Gasteiger partial charge in [-0.25, -0.2) is 5.48 Å². The molecule has 1 N–H and O–H groups in total. The highest BCUT2D eigenvalue weighted by molar-refractivity contribution is 5.90. The average Bonchev–Trinajstić information content (AvgIpc) is 2.42. The fourth-order valence-electron chi connectivity index (χ4n) is 1.45. The Balaban J connectivity index is 2.40. The quantitative estimate of drug-likeness (QED) is 0.467. The van der Waals surface area contributed by atoms with Crippen molar-refractivity contribution in [1.29, 1.82) is 0 Å². The first-order valence-electron chi connectivity index (χ1n) is 6.32. The number of hydroxylamine groups is 1. The van der Waals surface area contributed by atoms with Crippen LogP contribution in [-0.4, -0.2) is 26.2 Å². The second kappa shape index (κ2) is 8.45. The maximum atomic E-state index is 11.4. The van der Waals surface area contributed by atoms with Gasteiger partial charge in [-0.1, -0.05) is 38.1 Å². The molecule has 0 aliphatic carbocycles. The molecule has 0 atom stereocenters. The summed E-state index contributed by atoms with van der Waals surface area (Å²) < 4.78 is 4.79. The van der Waals surface area contributed by atoms with Gasteiger partial charge in [0, 0.05) is 13.2 Å². The van der Waals surface area contributed by atoms with Crippen molar-refractivity contribution in [2.75, 3.05) is 20.3 Å². The molecule has 0 saturated carbocycles. The van der Waals surface area contributed by atoms with Gasteiger partial charge in [0.05, 0.1) is 13.2 Å². The summed E-state index contributed by atoms with van der Waals surface area (Å²) in [6.45, 7) is 5.07. The van der Waals surface area contributed by atoms with Crippen LogP contribution in [0.25, 0.3) is 6.08 Å². The maximum absolute atomic E-state index is 11.4. The molecule has 0 heterocycles. The molecular formula is C15H21NO3. The van der Waals surface area contributed by atoms with E-state index in [2.05, 4.69) is 31.5 Å². The third-order valence-electron chi connectivity index (χ3n) is 2.59. The number of hydrogen-bond acceptors (Lipinski definition) is 3. The zero-order valence-electron chi connectivity index (χ0n) is 11.7. The lowest BCUT2D eigenvalue weighted by Gasteiger charge is -2.04. The number of ether oxygens (including phenoxy) is 1. The van der Waals surface area contributed by atoms with Gasteiger partial charge in [-0.05, 0) is 23.1 Å². The van der Waals surface area contributed by atoms with Crippen LogP contribution in [0.1, 0.15) is 30.9 Å². The largest absolute Gasteiger partial charge is 0.382 e. The first-order chi connectivity index (χ1) is 9.13. The highest BCUT2D eigenvalue weighted by Gasteiger charge is 1.98. The number of hydrogen-bond donors (Lipinski definition) is 1. The van der Waals surface area contributed by atoms with E-state index in [4.69, 9.17) is 9.57 Å². The number of nitrogens with one attached hydrogen (secondary N) is 1. The molecule has 0 bridgehead atoms. The van der Waals surface area contributed by atoms with Crippen LogP contribution in [0.15, 0.2) is 30.3 Å². The number of benzene rings is 1. The van der Waals surface area contributed by atoms with Crippen LogP contribution in [0.2, 0.25) is 0 Å². The molecule has 4 nitrogen and oxygen atoms in total. The van der Waals surface area contributed by atoms with Crippen molar-refractivity contribution in [2.24, 2.45) is 0 Å². The highest BCUT2D eigenvalue weighted by atomic mass is 16.7. The standard InChI is InChI=1S/C15H21NO3/c1-12(2)14-7-4-13(5-8-14)6-9-15(17)16-19-11-10-18-3/h4-9,12H,10-11H2,1-3H3,(H,16,17)/b9-6+. The minimum Gasteiger partial charge on any atom is -0.382 e. The van der Waals surface area contributed by atoms with E-state index < -0.39 is 0 Å². The van der Waals surface area contributed by atoms with Gasteiger partial charge in [0.1, 0.15) is 0 Å². The number of carbonyl (C=O) groups is 1. The molecule has 0 aliphatic heterocycles. The first kappa shape index (κ1) is 15.4. The van der Waals surface area contributed by atoms with E-state index in [0.29, 0.717) is 19.1 Å². The lowest BCUT2D eigenvalue weighted by Crippen LogP contribution is -2.23. The van der Waals surface area contributed by atoms with Crippen molar-refractivity contribution >= 4 is 12.0 Å².